The molecule has 0 bridgehead atoms. The van der Waals surface area contributed by atoms with E-state index in [-0.39, 0.29) is 5.75 Å². The Hall–Kier alpha value is -0.910. The molecule has 0 radical (unpaired) electrons. The first-order chi connectivity index (χ1) is 9.70. The van der Waals surface area contributed by atoms with Gasteiger partial charge in [0.25, 0.3) is 0 Å². The van der Waals surface area contributed by atoms with Gasteiger partial charge in [0.15, 0.2) is 0 Å². The van der Waals surface area contributed by atoms with E-state index < -0.39 is 10.0 Å². The standard InChI is InChI=1S/C16H28N2O2S/c1-13(2)11-18(5)21(19,20)12-16-8-6-7-15(9-16)10-17-14(3)4/h6-9,13-14,17H,10-12H2,1-5H3. The van der Waals surface area contributed by atoms with Crippen LogP contribution < -0.4 is 5.32 Å². The fraction of sp³-hybridized carbons (Fsp3) is 0.625. The summed E-state index contributed by atoms with van der Waals surface area (Å²) in [6.07, 6.45) is 0. The SMILES string of the molecule is CC(C)CN(C)S(=O)(=O)Cc1cccc(CNC(C)C)c1. The van der Waals surface area contributed by atoms with Crippen molar-refractivity contribution in [2.45, 2.75) is 46.0 Å². The van der Waals surface area contributed by atoms with Crippen LogP contribution in [0.3, 0.4) is 0 Å². The van der Waals surface area contributed by atoms with Crippen LogP contribution in [-0.2, 0) is 22.3 Å². The smallest absolute Gasteiger partial charge is 0.218 e. The quantitative estimate of drug-likeness (QED) is 0.803. The second-order valence-corrected chi connectivity index (χ2v) is 8.36. The minimum atomic E-state index is -3.24. The molecule has 1 rings (SSSR count). The summed E-state index contributed by atoms with van der Waals surface area (Å²) >= 11 is 0. The fourth-order valence-electron chi connectivity index (χ4n) is 2.10. The van der Waals surface area contributed by atoms with Crippen molar-refractivity contribution in [2.75, 3.05) is 13.6 Å². The topological polar surface area (TPSA) is 49.4 Å². The van der Waals surface area contributed by atoms with Gasteiger partial charge in [-0.1, -0.05) is 52.0 Å². The molecule has 0 saturated heterocycles. The zero-order chi connectivity index (χ0) is 16.0. The Kier molecular flexibility index (Phi) is 6.84. The van der Waals surface area contributed by atoms with E-state index in [2.05, 4.69) is 19.2 Å². The average Bonchev–Trinajstić information content (AvgIpc) is 2.35. The van der Waals surface area contributed by atoms with Gasteiger partial charge < -0.3 is 5.32 Å². The molecule has 0 aromatic heterocycles. The highest BCUT2D eigenvalue weighted by Crippen LogP contribution is 2.13. The summed E-state index contributed by atoms with van der Waals surface area (Å²) in [7, 11) is -1.59. The van der Waals surface area contributed by atoms with Crippen molar-refractivity contribution < 1.29 is 8.42 Å². The van der Waals surface area contributed by atoms with Gasteiger partial charge in [-0.3, -0.25) is 0 Å². The molecule has 5 heteroatoms. The monoisotopic (exact) mass is 312 g/mol. The number of hydrogen-bond donors (Lipinski definition) is 1. The normalized spacial score (nSPS) is 12.6. The van der Waals surface area contributed by atoms with E-state index >= 15 is 0 Å². The summed E-state index contributed by atoms with van der Waals surface area (Å²) in [5.74, 6) is 0.387. The maximum Gasteiger partial charge on any atom is 0.218 e. The molecule has 0 unspecified atom stereocenters. The number of benzene rings is 1. The maximum absolute atomic E-state index is 12.3. The van der Waals surface area contributed by atoms with Gasteiger partial charge >= 0.3 is 0 Å². The Morgan fingerprint density at radius 2 is 1.76 bits per heavy atom. The lowest BCUT2D eigenvalue weighted by atomic mass is 10.1. The molecule has 0 aliphatic rings. The molecule has 21 heavy (non-hydrogen) atoms. The van der Waals surface area contributed by atoms with Gasteiger partial charge in [-0.25, -0.2) is 12.7 Å². The van der Waals surface area contributed by atoms with E-state index in [9.17, 15) is 8.42 Å². The predicted octanol–water partition coefficient (Wildman–Crippen LogP) is 2.60. The van der Waals surface area contributed by atoms with Crippen LogP contribution in [0.2, 0.25) is 0 Å². The van der Waals surface area contributed by atoms with Crippen molar-refractivity contribution in [2.24, 2.45) is 5.92 Å². The summed E-state index contributed by atoms with van der Waals surface area (Å²) in [6.45, 7) is 9.53. The molecule has 120 valence electrons. The molecular weight excluding hydrogens is 284 g/mol. The fourth-order valence-corrected chi connectivity index (χ4v) is 3.45. The molecule has 0 atom stereocenters. The highest BCUT2D eigenvalue weighted by Gasteiger charge is 2.19. The Morgan fingerprint density at radius 3 is 2.33 bits per heavy atom. The molecule has 4 nitrogen and oxygen atoms in total. The van der Waals surface area contributed by atoms with E-state index in [0.29, 0.717) is 18.5 Å². The minimum absolute atomic E-state index is 0.0612. The van der Waals surface area contributed by atoms with Gasteiger partial charge in [0.1, 0.15) is 0 Å². The van der Waals surface area contributed by atoms with Gasteiger partial charge in [0, 0.05) is 26.2 Å². The zero-order valence-electron chi connectivity index (χ0n) is 13.8. The first-order valence-corrected chi connectivity index (χ1v) is 9.07. The summed E-state index contributed by atoms with van der Waals surface area (Å²) < 4.78 is 26.1. The molecule has 1 aromatic carbocycles. The molecule has 0 aliphatic heterocycles. The number of sulfonamides is 1. The summed E-state index contributed by atoms with van der Waals surface area (Å²) in [5.41, 5.74) is 1.96. The van der Waals surface area contributed by atoms with Crippen LogP contribution in [0, 0.1) is 5.92 Å². The van der Waals surface area contributed by atoms with Crippen LogP contribution in [0.5, 0.6) is 0 Å². The van der Waals surface area contributed by atoms with Crippen molar-refractivity contribution in [3.63, 3.8) is 0 Å². The largest absolute Gasteiger partial charge is 0.310 e. The minimum Gasteiger partial charge on any atom is -0.310 e. The third-order valence-electron chi connectivity index (χ3n) is 3.15. The van der Waals surface area contributed by atoms with E-state index in [0.717, 1.165) is 17.7 Å². The average molecular weight is 312 g/mol. The second kappa shape index (κ2) is 7.92. The van der Waals surface area contributed by atoms with Crippen molar-refractivity contribution >= 4 is 10.0 Å². The lowest BCUT2D eigenvalue weighted by molar-refractivity contribution is 0.416. The van der Waals surface area contributed by atoms with Crippen molar-refractivity contribution in [3.05, 3.63) is 35.4 Å². The van der Waals surface area contributed by atoms with Crippen LogP contribution in [0.15, 0.2) is 24.3 Å². The van der Waals surface area contributed by atoms with Crippen LogP contribution >= 0.6 is 0 Å². The third-order valence-corrected chi connectivity index (χ3v) is 4.95. The van der Waals surface area contributed by atoms with E-state index in [1.165, 1.54) is 4.31 Å². The highest BCUT2D eigenvalue weighted by molar-refractivity contribution is 7.88. The summed E-state index contributed by atoms with van der Waals surface area (Å²) in [5, 5.41) is 3.34. The first kappa shape index (κ1) is 18.1. The summed E-state index contributed by atoms with van der Waals surface area (Å²) in [6, 6.07) is 8.19. The number of nitrogens with zero attached hydrogens (tertiary/aromatic N) is 1. The lowest BCUT2D eigenvalue weighted by Crippen LogP contribution is -2.31. The maximum atomic E-state index is 12.3. The molecule has 1 aromatic rings. The van der Waals surface area contributed by atoms with Gasteiger partial charge in [-0.15, -0.1) is 0 Å². The first-order valence-electron chi connectivity index (χ1n) is 7.46. The Labute approximate surface area is 129 Å². The molecular formula is C16H28N2O2S. The highest BCUT2D eigenvalue weighted by atomic mass is 32.2. The van der Waals surface area contributed by atoms with Crippen LogP contribution in [0.25, 0.3) is 0 Å². The molecule has 0 spiro atoms. The van der Waals surface area contributed by atoms with Crippen LogP contribution in [0.1, 0.15) is 38.8 Å². The molecule has 0 saturated carbocycles. The van der Waals surface area contributed by atoms with Gasteiger partial charge in [-0.2, -0.15) is 0 Å². The second-order valence-electron chi connectivity index (χ2n) is 6.29. The van der Waals surface area contributed by atoms with Crippen molar-refractivity contribution in [1.82, 2.24) is 9.62 Å². The number of hydrogen-bond acceptors (Lipinski definition) is 3. The third kappa shape index (κ3) is 6.59. The van der Waals surface area contributed by atoms with E-state index in [4.69, 9.17) is 0 Å². The number of nitrogens with one attached hydrogen (secondary N) is 1. The van der Waals surface area contributed by atoms with E-state index in [1.54, 1.807) is 7.05 Å². The van der Waals surface area contributed by atoms with Gasteiger partial charge in [0.05, 0.1) is 5.75 Å². The van der Waals surface area contributed by atoms with Crippen LogP contribution in [-0.4, -0.2) is 32.4 Å². The van der Waals surface area contributed by atoms with Crippen molar-refractivity contribution in [1.29, 1.82) is 0 Å². The Morgan fingerprint density at radius 1 is 1.14 bits per heavy atom. The molecule has 0 amide bonds. The molecule has 1 N–H and O–H groups in total. The van der Waals surface area contributed by atoms with Crippen molar-refractivity contribution in [3.8, 4) is 0 Å². The van der Waals surface area contributed by atoms with E-state index in [1.807, 2.05) is 38.1 Å². The molecule has 0 heterocycles. The predicted molar refractivity (Wildman–Crippen MR) is 88.5 cm³/mol. The molecule has 0 aliphatic carbocycles. The van der Waals surface area contributed by atoms with Gasteiger partial charge in [-0.05, 0) is 17.0 Å². The lowest BCUT2D eigenvalue weighted by Gasteiger charge is -2.19. The zero-order valence-corrected chi connectivity index (χ0v) is 14.6. The summed E-state index contributed by atoms with van der Waals surface area (Å²) in [4.78, 5) is 0. The Balaban J connectivity index is 2.76. The van der Waals surface area contributed by atoms with Gasteiger partial charge in [0.2, 0.25) is 10.0 Å². The van der Waals surface area contributed by atoms with Crippen LogP contribution in [0.4, 0.5) is 0 Å². The molecule has 0 fully saturated rings. The number of rotatable bonds is 8. The Bertz CT molecular complexity index is 539.